The first-order valence-corrected chi connectivity index (χ1v) is 14.1. The number of benzene rings is 4. The molecule has 0 atom stereocenters. The molecule has 0 aliphatic rings. The van der Waals surface area contributed by atoms with Crippen molar-refractivity contribution in [2.75, 3.05) is 6.61 Å². The van der Waals surface area contributed by atoms with Gasteiger partial charge in [0.1, 0.15) is 12.2 Å². The Morgan fingerprint density at radius 3 is 2.63 bits per heavy atom. The lowest BCUT2D eigenvalue weighted by Gasteiger charge is -2.15. The number of halogens is 2. The van der Waals surface area contributed by atoms with Crippen molar-refractivity contribution in [2.24, 2.45) is 5.10 Å². The fourth-order valence-corrected chi connectivity index (χ4v) is 5.19. The zero-order valence-electron chi connectivity index (χ0n) is 21.9. The van der Waals surface area contributed by atoms with Crippen molar-refractivity contribution in [3.05, 3.63) is 122 Å². The van der Waals surface area contributed by atoms with Crippen molar-refractivity contribution in [2.45, 2.75) is 13.5 Å². The van der Waals surface area contributed by atoms with Crippen molar-refractivity contribution < 1.29 is 13.9 Å². The van der Waals surface area contributed by atoms with Crippen LogP contribution in [0.15, 0.2) is 110 Å². The Morgan fingerprint density at radius 1 is 1.00 bits per heavy atom. The lowest BCUT2D eigenvalue weighted by atomic mass is 10.2. The van der Waals surface area contributed by atoms with Gasteiger partial charge < -0.3 is 13.9 Å². The van der Waals surface area contributed by atoms with E-state index in [1.165, 1.54) is 4.68 Å². The Kier molecular flexibility index (Phi) is 7.59. The molecule has 2 aromatic heterocycles. The van der Waals surface area contributed by atoms with E-state index in [0.717, 1.165) is 10.9 Å². The van der Waals surface area contributed by atoms with E-state index >= 15 is 0 Å². The van der Waals surface area contributed by atoms with Gasteiger partial charge in [0.05, 0.1) is 28.2 Å². The summed E-state index contributed by atoms with van der Waals surface area (Å²) in [7, 11) is 0. The maximum Gasteiger partial charge on any atom is 0.282 e. The van der Waals surface area contributed by atoms with Gasteiger partial charge in [-0.2, -0.15) is 9.78 Å². The summed E-state index contributed by atoms with van der Waals surface area (Å²) in [6.45, 7) is 2.74. The molecule has 0 spiro atoms. The van der Waals surface area contributed by atoms with Crippen LogP contribution in [0.5, 0.6) is 11.5 Å². The lowest BCUT2D eigenvalue weighted by Crippen LogP contribution is -2.20. The second-order valence-electron chi connectivity index (χ2n) is 9.14. The van der Waals surface area contributed by atoms with E-state index in [1.54, 1.807) is 48.7 Å². The first kappa shape index (κ1) is 26.8. The Labute approximate surface area is 248 Å². The minimum atomic E-state index is -0.327. The minimum Gasteiger partial charge on any atom is -0.490 e. The van der Waals surface area contributed by atoms with Crippen LogP contribution in [0.4, 0.5) is 0 Å². The molecule has 2 heterocycles. The molecule has 0 aliphatic carbocycles. The third-order valence-electron chi connectivity index (χ3n) is 6.33. The number of furan rings is 1. The standard InChI is InChI=1S/C32H23BrClN3O4/c1-2-39-28-15-21(14-25(33)30(28)40-19-20-8-4-3-5-9-20)18-35-37-31(36-26-11-7-6-10-24(26)32(37)38)29-17-22-16-23(34)12-13-27(22)41-29/h3-18H,2,19H2,1H3. The van der Waals surface area contributed by atoms with Crippen LogP contribution in [-0.4, -0.2) is 22.5 Å². The molecule has 6 aromatic rings. The molecule has 6 rings (SSSR count). The van der Waals surface area contributed by atoms with Crippen molar-refractivity contribution >= 4 is 55.6 Å². The number of aromatic nitrogens is 2. The summed E-state index contributed by atoms with van der Waals surface area (Å²) in [5, 5.41) is 6.38. The normalized spacial score (nSPS) is 11.5. The zero-order valence-corrected chi connectivity index (χ0v) is 24.2. The molecule has 0 bridgehead atoms. The molecule has 0 amide bonds. The maximum absolute atomic E-state index is 13.6. The van der Waals surface area contributed by atoms with Gasteiger partial charge in [0.2, 0.25) is 5.82 Å². The number of nitrogens with zero attached hydrogens (tertiary/aromatic N) is 3. The number of rotatable bonds is 8. The average Bonchev–Trinajstić information content (AvgIpc) is 3.40. The SMILES string of the molecule is CCOc1cc(C=Nn2c(-c3cc4cc(Cl)ccc4o3)nc3ccccc3c2=O)cc(Br)c1OCc1ccccc1. The van der Waals surface area contributed by atoms with Crippen LogP contribution in [0.1, 0.15) is 18.1 Å². The highest BCUT2D eigenvalue weighted by Gasteiger charge is 2.17. The van der Waals surface area contributed by atoms with Gasteiger partial charge in [-0.05, 0) is 82.5 Å². The summed E-state index contributed by atoms with van der Waals surface area (Å²) in [6.07, 6.45) is 1.58. The van der Waals surface area contributed by atoms with Gasteiger partial charge in [0.15, 0.2) is 17.3 Å². The number of hydrogen-bond donors (Lipinski definition) is 0. The molecule has 41 heavy (non-hydrogen) atoms. The highest BCUT2D eigenvalue weighted by molar-refractivity contribution is 9.10. The van der Waals surface area contributed by atoms with E-state index in [1.807, 2.05) is 55.5 Å². The lowest BCUT2D eigenvalue weighted by molar-refractivity contribution is 0.267. The van der Waals surface area contributed by atoms with Crippen LogP contribution < -0.4 is 15.0 Å². The van der Waals surface area contributed by atoms with Crippen molar-refractivity contribution in [1.29, 1.82) is 0 Å². The third-order valence-corrected chi connectivity index (χ3v) is 7.16. The van der Waals surface area contributed by atoms with Crippen LogP contribution in [0.2, 0.25) is 5.02 Å². The first-order chi connectivity index (χ1) is 20.0. The van der Waals surface area contributed by atoms with Crippen LogP contribution in [0.25, 0.3) is 33.5 Å². The Bertz CT molecular complexity index is 1970. The van der Waals surface area contributed by atoms with E-state index in [-0.39, 0.29) is 11.4 Å². The van der Waals surface area contributed by atoms with E-state index < -0.39 is 0 Å². The van der Waals surface area contributed by atoms with Gasteiger partial charge in [-0.1, -0.05) is 54.1 Å². The second-order valence-corrected chi connectivity index (χ2v) is 10.4. The second kappa shape index (κ2) is 11.6. The molecular weight excluding hydrogens is 606 g/mol. The molecule has 4 aromatic carbocycles. The summed E-state index contributed by atoms with van der Waals surface area (Å²) in [6, 6.07) is 27.8. The Morgan fingerprint density at radius 2 is 1.80 bits per heavy atom. The van der Waals surface area contributed by atoms with Gasteiger partial charge in [-0.25, -0.2) is 4.98 Å². The van der Waals surface area contributed by atoms with Gasteiger partial charge >= 0.3 is 0 Å². The smallest absolute Gasteiger partial charge is 0.282 e. The van der Waals surface area contributed by atoms with Gasteiger partial charge in [0.25, 0.3) is 5.56 Å². The first-order valence-electron chi connectivity index (χ1n) is 12.9. The molecule has 0 saturated heterocycles. The summed E-state index contributed by atoms with van der Waals surface area (Å²) in [4.78, 5) is 18.4. The molecule has 204 valence electrons. The quantitative estimate of drug-likeness (QED) is 0.159. The van der Waals surface area contributed by atoms with E-state index in [9.17, 15) is 4.79 Å². The summed E-state index contributed by atoms with van der Waals surface area (Å²) >= 11 is 9.80. The molecule has 0 radical (unpaired) electrons. The van der Waals surface area contributed by atoms with Gasteiger partial charge in [-0.3, -0.25) is 4.79 Å². The van der Waals surface area contributed by atoms with Crippen LogP contribution in [0.3, 0.4) is 0 Å². The predicted molar refractivity (Wildman–Crippen MR) is 165 cm³/mol. The van der Waals surface area contributed by atoms with E-state index in [0.29, 0.717) is 62.0 Å². The van der Waals surface area contributed by atoms with Crippen LogP contribution in [-0.2, 0) is 6.61 Å². The molecule has 0 fully saturated rings. The molecule has 0 unspecified atom stereocenters. The fourth-order valence-electron chi connectivity index (χ4n) is 4.43. The highest BCUT2D eigenvalue weighted by atomic mass is 79.9. The molecule has 0 saturated carbocycles. The van der Waals surface area contributed by atoms with Crippen LogP contribution >= 0.6 is 27.5 Å². The Hall–Kier alpha value is -4.40. The molecule has 0 N–H and O–H groups in total. The number of fused-ring (bicyclic) bond motifs is 2. The number of hydrogen-bond acceptors (Lipinski definition) is 6. The van der Waals surface area contributed by atoms with Crippen LogP contribution in [0, 0.1) is 0 Å². The average molecular weight is 629 g/mol. The fraction of sp³-hybridized carbons (Fsp3) is 0.0938. The molecule has 7 nitrogen and oxygen atoms in total. The maximum atomic E-state index is 13.6. The predicted octanol–water partition coefficient (Wildman–Crippen LogP) is 8.09. The Balaban J connectivity index is 1.41. The minimum absolute atomic E-state index is 0.268. The summed E-state index contributed by atoms with van der Waals surface area (Å²) < 4.78 is 20.0. The van der Waals surface area contributed by atoms with Gasteiger partial charge in [0, 0.05) is 10.4 Å². The molecule has 9 heteroatoms. The van der Waals surface area contributed by atoms with Crippen molar-refractivity contribution in [3.63, 3.8) is 0 Å². The molecular formula is C32H23BrClN3O4. The van der Waals surface area contributed by atoms with E-state index in [4.69, 9.17) is 30.5 Å². The molecule has 0 aliphatic heterocycles. The number of para-hydroxylation sites is 1. The van der Waals surface area contributed by atoms with Crippen molar-refractivity contribution in [1.82, 2.24) is 9.66 Å². The zero-order chi connectivity index (χ0) is 28.3. The summed E-state index contributed by atoms with van der Waals surface area (Å²) in [5.41, 5.74) is 2.57. The van der Waals surface area contributed by atoms with Crippen molar-refractivity contribution in [3.8, 4) is 23.1 Å². The monoisotopic (exact) mass is 627 g/mol. The number of ether oxygens (including phenoxy) is 2. The van der Waals surface area contributed by atoms with Gasteiger partial charge in [-0.15, -0.1) is 0 Å². The largest absolute Gasteiger partial charge is 0.490 e. The topological polar surface area (TPSA) is 78.9 Å². The third kappa shape index (κ3) is 5.62. The summed E-state index contributed by atoms with van der Waals surface area (Å²) in [5.74, 6) is 1.80. The highest BCUT2D eigenvalue weighted by Crippen LogP contribution is 2.37. The van der Waals surface area contributed by atoms with E-state index in [2.05, 4.69) is 21.0 Å².